The monoisotopic (exact) mass is 250 g/mol. The Hall–Kier alpha value is -2.24. The van der Waals surface area contributed by atoms with Gasteiger partial charge in [-0.2, -0.15) is 0 Å². The molecule has 0 saturated heterocycles. The minimum absolute atomic E-state index is 0.224. The van der Waals surface area contributed by atoms with Gasteiger partial charge in [0.1, 0.15) is 17.3 Å². The van der Waals surface area contributed by atoms with Gasteiger partial charge in [-0.15, -0.1) is 0 Å². The van der Waals surface area contributed by atoms with Crippen molar-refractivity contribution in [3.05, 3.63) is 41.7 Å². The lowest BCUT2D eigenvalue weighted by Gasteiger charge is -2.10. The summed E-state index contributed by atoms with van der Waals surface area (Å²) in [4.78, 5) is 7.98. The van der Waals surface area contributed by atoms with Crippen LogP contribution >= 0.6 is 0 Å². The third kappa shape index (κ3) is 2.37. The molecule has 0 saturated carbocycles. The maximum Gasteiger partial charge on any atom is 0.152 e. The van der Waals surface area contributed by atoms with Gasteiger partial charge in [0.15, 0.2) is 11.6 Å². The van der Waals surface area contributed by atoms with Crippen molar-refractivity contribution in [2.75, 3.05) is 17.7 Å². The summed E-state index contributed by atoms with van der Waals surface area (Å²) in [6.07, 6.45) is 2.90. The summed E-state index contributed by atoms with van der Waals surface area (Å²) < 4.78 is 27.3. The van der Waals surface area contributed by atoms with Gasteiger partial charge in [0, 0.05) is 7.05 Å². The number of aromatic nitrogens is 2. The summed E-state index contributed by atoms with van der Waals surface area (Å²) in [5, 5.41) is 5.39. The average Bonchev–Trinajstić information content (AvgIpc) is 2.39. The zero-order valence-corrected chi connectivity index (χ0v) is 9.96. The molecule has 0 unspecified atom stereocenters. The molecule has 0 radical (unpaired) electrons. The number of nitrogens with zero attached hydrogens (tertiary/aromatic N) is 2. The maximum atomic E-state index is 13.8. The van der Waals surface area contributed by atoms with Gasteiger partial charge in [-0.05, 0) is 18.6 Å². The molecule has 18 heavy (non-hydrogen) atoms. The zero-order chi connectivity index (χ0) is 13.1. The van der Waals surface area contributed by atoms with Crippen LogP contribution in [0.1, 0.15) is 5.56 Å². The number of hydrogen-bond acceptors (Lipinski definition) is 4. The molecule has 0 aliphatic rings. The quantitative estimate of drug-likeness (QED) is 0.879. The Kier molecular flexibility index (Phi) is 3.36. The molecule has 0 amide bonds. The van der Waals surface area contributed by atoms with E-state index in [1.807, 2.05) is 0 Å². The Morgan fingerprint density at radius 1 is 1.11 bits per heavy atom. The lowest BCUT2D eigenvalue weighted by Crippen LogP contribution is -2.03. The van der Waals surface area contributed by atoms with Crippen LogP contribution in [-0.4, -0.2) is 17.0 Å². The first-order valence-corrected chi connectivity index (χ1v) is 5.33. The summed E-state index contributed by atoms with van der Waals surface area (Å²) in [6.45, 7) is 1.57. The van der Waals surface area contributed by atoms with E-state index < -0.39 is 11.6 Å². The largest absolute Gasteiger partial charge is 0.372 e. The average molecular weight is 250 g/mol. The Bertz CT molecular complexity index is 572. The fourth-order valence-corrected chi connectivity index (χ4v) is 1.45. The molecule has 0 spiro atoms. The van der Waals surface area contributed by atoms with Crippen LogP contribution in [0.4, 0.5) is 26.1 Å². The second-order valence-electron chi connectivity index (χ2n) is 3.72. The van der Waals surface area contributed by atoms with Gasteiger partial charge in [0.2, 0.25) is 0 Å². The molecule has 6 heteroatoms. The Morgan fingerprint density at radius 2 is 1.83 bits per heavy atom. The van der Waals surface area contributed by atoms with Crippen LogP contribution in [0, 0.1) is 18.6 Å². The smallest absolute Gasteiger partial charge is 0.152 e. The third-order valence-corrected chi connectivity index (χ3v) is 2.43. The number of benzene rings is 1. The van der Waals surface area contributed by atoms with Gasteiger partial charge in [-0.25, -0.2) is 13.8 Å². The fraction of sp³-hybridized carbons (Fsp3) is 0.167. The van der Waals surface area contributed by atoms with Crippen LogP contribution < -0.4 is 10.6 Å². The van der Waals surface area contributed by atoms with Crippen LogP contribution in [0.25, 0.3) is 0 Å². The predicted octanol–water partition coefficient (Wildman–Crippen LogP) is 2.85. The molecule has 0 aliphatic carbocycles. The van der Waals surface area contributed by atoms with E-state index in [0.29, 0.717) is 11.4 Å². The lowest BCUT2D eigenvalue weighted by atomic mass is 10.2. The summed E-state index contributed by atoms with van der Waals surface area (Å²) in [5.41, 5.74) is 0.134. The van der Waals surface area contributed by atoms with E-state index in [1.54, 1.807) is 14.0 Å². The topological polar surface area (TPSA) is 49.8 Å². The van der Waals surface area contributed by atoms with Crippen molar-refractivity contribution in [2.45, 2.75) is 6.92 Å². The Labute approximate surface area is 103 Å². The molecule has 0 aliphatic heterocycles. The molecule has 0 atom stereocenters. The minimum Gasteiger partial charge on any atom is -0.372 e. The molecule has 0 fully saturated rings. The van der Waals surface area contributed by atoms with Crippen molar-refractivity contribution in [1.29, 1.82) is 0 Å². The molecule has 0 bridgehead atoms. The van der Waals surface area contributed by atoms with E-state index in [2.05, 4.69) is 20.6 Å². The van der Waals surface area contributed by atoms with E-state index in [1.165, 1.54) is 24.5 Å². The first-order valence-electron chi connectivity index (χ1n) is 5.33. The van der Waals surface area contributed by atoms with Crippen LogP contribution in [0.3, 0.4) is 0 Å². The van der Waals surface area contributed by atoms with Gasteiger partial charge in [0.25, 0.3) is 0 Å². The number of rotatable bonds is 3. The van der Waals surface area contributed by atoms with Crippen molar-refractivity contribution in [3.8, 4) is 0 Å². The van der Waals surface area contributed by atoms with Crippen LogP contribution in [0.5, 0.6) is 0 Å². The summed E-state index contributed by atoms with van der Waals surface area (Å²) in [5.74, 6) is -0.528. The number of nitrogens with one attached hydrogen (secondary N) is 2. The van der Waals surface area contributed by atoms with Gasteiger partial charge in [0.05, 0.1) is 12.4 Å². The third-order valence-electron chi connectivity index (χ3n) is 2.43. The van der Waals surface area contributed by atoms with E-state index in [9.17, 15) is 8.78 Å². The van der Waals surface area contributed by atoms with Crippen LogP contribution in [-0.2, 0) is 0 Å². The highest BCUT2D eigenvalue weighted by molar-refractivity contribution is 5.59. The minimum atomic E-state index is -0.672. The SMILES string of the molecule is CNc1cncc(Nc2c(F)ccc(C)c2F)n1. The molecule has 2 N–H and O–H groups in total. The van der Waals surface area contributed by atoms with Crippen molar-refractivity contribution in [2.24, 2.45) is 0 Å². The molecular formula is C12H12F2N4. The molecule has 1 aromatic carbocycles. The van der Waals surface area contributed by atoms with Gasteiger partial charge in [-0.1, -0.05) is 6.07 Å². The fourth-order valence-electron chi connectivity index (χ4n) is 1.45. The van der Waals surface area contributed by atoms with E-state index >= 15 is 0 Å². The number of anilines is 3. The normalized spacial score (nSPS) is 10.2. The van der Waals surface area contributed by atoms with E-state index in [4.69, 9.17) is 0 Å². The number of hydrogen-bond donors (Lipinski definition) is 2. The Morgan fingerprint density at radius 3 is 2.56 bits per heavy atom. The first-order chi connectivity index (χ1) is 8.61. The highest BCUT2D eigenvalue weighted by Crippen LogP contribution is 2.24. The standard InChI is InChI=1S/C12H12F2N4/c1-7-3-4-8(13)12(11(7)14)18-10-6-16-5-9(15-2)17-10/h3-6H,1-2H3,(H2,15,17,18). The maximum absolute atomic E-state index is 13.8. The van der Waals surface area contributed by atoms with Crippen LogP contribution in [0.15, 0.2) is 24.5 Å². The van der Waals surface area contributed by atoms with Crippen molar-refractivity contribution in [1.82, 2.24) is 9.97 Å². The van der Waals surface area contributed by atoms with Gasteiger partial charge >= 0.3 is 0 Å². The Balaban J connectivity index is 2.36. The van der Waals surface area contributed by atoms with Crippen molar-refractivity contribution in [3.63, 3.8) is 0 Å². The number of halogens is 2. The predicted molar refractivity (Wildman–Crippen MR) is 66.0 cm³/mol. The zero-order valence-electron chi connectivity index (χ0n) is 9.96. The van der Waals surface area contributed by atoms with Gasteiger partial charge in [-0.3, -0.25) is 4.98 Å². The summed E-state index contributed by atoms with van der Waals surface area (Å²) >= 11 is 0. The highest BCUT2D eigenvalue weighted by Gasteiger charge is 2.12. The second kappa shape index (κ2) is 4.95. The highest BCUT2D eigenvalue weighted by atomic mass is 19.1. The van der Waals surface area contributed by atoms with Crippen molar-refractivity contribution < 1.29 is 8.78 Å². The molecular weight excluding hydrogens is 238 g/mol. The number of aryl methyl sites for hydroxylation is 1. The molecule has 4 nitrogen and oxygen atoms in total. The van der Waals surface area contributed by atoms with E-state index in [0.717, 1.165) is 0 Å². The summed E-state index contributed by atoms with van der Waals surface area (Å²) in [7, 11) is 1.68. The molecule has 94 valence electrons. The first kappa shape index (κ1) is 12.2. The van der Waals surface area contributed by atoms with Crippen LogP contribution in [0.2, 0.25) is 0 Å². The molecule has 2 rings (SSSR count). The van der Waals surface area contributed by atoms with Crippen molar-refractivity contribution >= 4 is 17.3 Å². The molecule has 2 aromatic rings. The summed E-state index contributed by atoms with van der Waals surface area (Å²) in [6, 6.07) is 2.58. The van der Waals surface area contributed by atoms with Gasteiger partial charge < -0.3 is 10.6 Å². The molecule has 1 aromatic heterocycles. The second-order valence-corrected chi connectivity index (χ2v) is 3.72. The van der Waals surface area contributed by atoms with E-state index in [-0.39, 0.29) is 11.5 Å². The lowest BCUT2D eigenvalue weighted by molar-refractivity contribution is 0.584. The molecule has 1 heterocycles.